The molecule has 0 unspecified atom stereocenters. The summed E-state index contributed by atoms with van der Waals surface area (Å²) in [4.78, 5) is 38.8. The Kier molecular flexibility index (Phi) is 4.05. The Balaban J connectivity index is 1.40. The fourth-order valence-electron chi connectivity index (χ4n) is 4.56. The SMILES string of the molecule is Cc1ccc(NC(=O)NCN2C(=O)[C@H]3[C@H](C2=O)[C@H]2C=C[C@H]3CC2)c(C)c1. The number of rotatable bonds is 3. The van der Waals surface area contributed by atoms with E-state index in [0.29, 0.717) is 5.69 Å². The van der Waals surface area contributed by atoms with E-state index in [0.717, 1.165) is 24.0 Å². The Labute approximate surface area is 152 Å². The van der Waals surface area contributed by atoms with Gasteiger partial charge in [-0.05, 0) is 50.2 Å². The lowest BCUT2D eigenvalue weighted by Gasteiger charge is -2.38. The number of benzene rings is 1. The molecule has 2 fully saturated rings. The minimum Gasteiger partial charge on any atom is -0.320 e. The topological polar surface area (TPSA) is 78.5 Å². The van der Waals surface area contributed by atoms with Crippen molar-refractivity contribution in [3.05, 3.63) is 41.5 Å². The Hall–Kier alpha value is -2.63. The van der Waals surface area contributed by atoms with Gasteiger partial charge in [-0.3, -0.25) is 14.5 Å². The second-order valence-electron chi connectivity index (χ2n) is 7.55. The third kappa shape index (κ3) is 2.69. The van der Waals surface area contributed by atoms with E-state index >= 15 is 0 Å². The molecule has 0 spiro atoms. The lowest BCUT2D eigenvalue weighted by atomic mass is 9.63. The monoisotopic (exact) mass is 353 g/mol. The summed E-state index contributed by atoms with van der Waals surface area (Å²) < 4.78 is 0. The van der Waals surface area contributed by atoms with Crippen LogP contribution in [0.3, 0.4) is 0 Å². The van der Waals surface area contributed by atoms with Gasteiger partial charge in [0.1, 0.15) is 6.67 Å². The quantitative estimate of drug-likeness (QED) is 0.648. The fraction of sp³-hybridized carbons (Fsp3) is 0.450. The van der Waals surface area contributed by atoms with Crippen LogP contribution in [-0.4, -0.2) is 29.4 Å². The predicted octanol–water partition coefficient (Wildman–Crippen LogP) is 2.58. The normalized spacial score (nSPS) is 29.1. The number of hydrogen-bond donors (Lipinski definition) is 2. The van der Waals surface area contributed by atoms with Gasteiger partial charge >= 0.3 is 6.03 Å². The molecule has 1 aromatic carbocycles. The molecule has 0 radical (unpaired) electrons. The number of amides is 4. The third-order valence-corrected chi connectivity index (χ3v) is 5.88. The van der Waals surface area contributed by atoms with E-state index in [1.54, 1.807) is 0 Å². The van der Waals surface area contributed by atoms with Crippen LogP contribution in [0, 0.1) is 37.5 Å². The van der Waals surface area contributed by atoms with Crippen molar-refractivity contribution in [3.8, 4) is 0 Å². The average molecular weight is 353 g/mol. The van der Waals surface area contributed by atoms with Crippen LogP contribution in [-0.2, 0) is 9.59 Å². The maximum absolute atomic E-state index is 12.7. The molecular formula is C20H23N3O3. The number of urea groups is 1. The summed E-state index contributed by atoms with van der Waals surface area (Å²) in [5.41, 5.74) is 2.79. The van der Waals surface area contributed by atoms with Crippen molar-refractivity contribution in [1.82, 2.24) is 10.2 Å². The maximum Gasteiger partial charge on any atom is 0.320 e. The van der Waals surface area contributed by atoms with Crippen molar-refractivity contribution in [2.75, 3.05) is 12.0 Å². The first-order valence-electron chi connectivity index (χ1n) is 9.11. The molecule has 6 heteroatoms. The van der Waals surface area contributed by atoms with Gasteiger partial charge in [-0.15, -0.1) is 0 Å². The van der Waals surface area contributed by atoms with Crippen molar-refractivity contribution < 1.29 is 14.4 Å². The number of nitrogens with one attached hydrogen (secondary N) is 2. The highest BCUT2D eigenvalue weighted by Gasteiger charge is 2.56. The van der Waals surface area contributed by atoms with Crippen LogP contribution in [0.5, 0.6) is 0 Å². The summed E-state index contributed by atoms with van der Waals surface area (Å²) in [6, 6.07) is 5.32. The first-order chi connectivity index (χ1) is 12.5. The van der Waals surface area contributed by atoms with Crippen LogP contribution < -0.4 is 10.6 Å². The molecular weight excluding hydrogens is 330 g/mol. The van der Waals surface area contributed by atoms with E-state index in [2.05, 4.69) is 22.8 Å². The number of carbonyl (C=O) groups is 3. The molecule has 1 saturated carbocycles. The van der Waals surface area contributed by atoms with Gasteiger partial charge in [-0.25, -0.2) is 4.79 Å². The number of allylic oxidation sites excluding steroid dienone is 2. The van der Waals surface area contributed by atoms with Crippen LogP contribution >= 0.6 is 0 Å². The van der Waals surface area contributed by atoms with Crippen LogP contribution in [0.1, 0.15) is 24.0 Å². The van der Waals surface area contributed by atoms with Gasteiger partial charge in [0.25, 0.3) is 0 Å². The van der Waals surface area contributed by atoms with E-state index in [1.807, 2.05) is 32.0 Å². The highest BCUT2D eigenvalue weighted by atomic mass is 16.2. The standard InChI is InChI=1S/C20H23N3O3/c1-11-3-8-15(12(2)9-11)22-20(26)21-10-23-18(24)16-13-4-5-14(7-6-13)17(16)19(23)25/h3-5,8-9,13-14,16-17H,6-7,10H2,1-2H3,(H2,21,22,26)/t13-,14-,16+,17+/m0/s1. The first-order valence-corrected chi connectivity index (χ1v) is 9.11. The Morgan fingerprint density at radius 2 is 1.69 bits per heavy atom. The smallest absolute Gasteiger partial charge is 0.320 e. The van der Waals surface area contributed by atoms with Crippen LogP contribution in [0.25, 0.3) is 0 Å². The van der Waals surface area contributed by atoms with Gasteiger partial charge in [-0.1, -0.05) is 29.8 Å². The molecule has 4 amide bonds. The van der Waals surface area contributed by atoms with Crippen molar-refractivity contribution in [3.63, 3.8) is 0 Å². The second-order valence-corrected chi connectivity index (χ2v) is 7.55. The molecule has 1 saturated heterocycles. The minimum absolute atomic E-state index is 0.0825. The number of fused-ring (bicyclic) bond motifs is 1. The largest absolute Gasteiger partial charge is 0.320 e. The molecule has 2 N–H and O–H groups in total. The van der Waals surface area contributed by atoms with Crippen LogP contribution in [0.4, 0.5) is 10.5 Å². The summed E-state index contributed by atoms with van der Waals surface area (Å²) in [7, 11) is 0. The number of imide groups is 1. The molecule has 2 bridgehead atoms. The van der Waals surface area contributed by atoms with Gasteiger partial charge in [-0.2, -0.15) is 0 Å². The van der Waals surface area contributed by atoms with Crippen molar-refractivity contribution in [2.45, 2.75) is 26.7 Å². The van der Waals surface area contributed by atoms with Gasteiger partial charge in [0.15, 0.2) is 0 Å². The van der Waals surface area contributed by atoms with E-state index in [4.69, 9.17) is 0 Å². The van der Waals surface area contributed by atoms with Gasteiger partial charge in [0.2, 0.25) is 11.8 Å². The lowest BCUT2D eigenvalue weighted by Crippen LogP contribution is -2.43. The zero-order valence-corrected chi connectivity index (χ0v) is 15.0. The molecule has 3 aliphatic carbocycles. The number of aryl methyl sites for hydroxylation is 2. The van der Waals surface area contributed by atoms with Crippen molar-refractivity contribution in [1.29, 1.82) is 0 Å². The number of hydrogen-bond acceptors (Lipinski definition) is 3. The molecule has 6 nitrogen and oxygen atoms in total. The van der Waals surface area contributed by atoms with Gasteiger partial charge in [0, 0.05) is 5.69 Å². The van der Waals surface area contributed by atoms with E-state index in [-0.39, 0.29) is 42.2 Å². The van der Waals surface area contributed by atoms with E-state index in [9.17, 15) is 14.4 Å². The van der Waals surface area contributed by atoms with Gasteiger partial charge < -0.3 is 10.6 Å². The number of carbonyl (C=O) groups excluding carboxylic acids is 3. The molecule has 0 aromatic heterocycles. The third-order valence-electron chi connectivity index (χ3n) is 5.88. The molecule has 5 rings (SSSR count). The summed E-state index contributed by atoms with van der Waals surface area (Å²) in [5, 5.41) is 5.42. The van der Waals surface area contributed by atoms with E-state index in [1.165, 1.54) is 4.90 Å². The summed E-state index contributed by atoms with van der Waals surface area (Å²) in [5.74, 6) is -0.450. The number of likely N-dealkylation sites (tertiary alicyclic amines) is 1. The number of nitrogens with zero attached hydrogens (tertiary/aromatic N) is 1. The van der Waals surface area contributed by atoms with Crippen molar-refractivity contribution in [2.24, 2.45) is 23.7 Å². The molecule has 1 aliphatic heterocycles. The minimum atomic E-state index is -0.423. The average Bonchev–Trinajstić information content (AvgIpc) is 2.90. The Bertz CT molecular complexity index is 785. The summed E-state index contributed by atoms with van der Waals surface area (Å²) >= 11 is 0. The fourth-order valence-corrected chi connectivity index (χ4v) is 4.56. The lowest BCUT2D eigenvalue weighted by molar-refractivity contribution is -0.140. The maximum atomic E-state index is 12.7. The van der Waals surface area contributed by atoms with Crippen molar-refractivity contribution >= 4 is 23.5 Å². The molecule has 1 heterocycles. The molecule has 26 heavy (non-hydrogen) atoms. The number of anilines is 1. The highest BCUT2D eigenvalue weighted by molar-refractivity contribution is 6.06. The molecule has 4 aliphatic rings. The Morgan fingerprint density at radius 3 is 2.23 bits per heavy atom. The predicted molar refractivity (Wildman–Crippen MR) is 97.1 cm³/mol. The summed E-state index contributed by atoms with van der Waals surface area (Å²) in [6.45, 7) is 3.83. The zero-order chi connectivity index (χ0) is 18.4. The highest BCUT2D eigenvalue weighted by Crippen LogP contribution is 2.49. The molecule has 136 valence electrons. The summed E-state index contributed by atoms with van der Waals surface area (Å²) in [6.07, 6.45) is 6.11. The molecule has 4 atom stereocenters. The first kappa shape index (κ1) is 16.8. The molecule has 1 aromatic rings. The Morgan fingerprint density at radius 1 is 1.08 bits per heavy atom. The second kappa shape index (κ2) is 6.27. The van der Waals surface area contributed by atoms with Crippen LogP contribution in [0.15, 0.2) is 30.4 Å². The van der Waals surface area contributed by atoms with Gasteiger partial charge in [0.05, 0.1) is 11.8 Å². The van der Waals surface area contributed by atoms with E-state index < -0.39 is 6.03 Å². The van der Waals surface area contributed by atoms with Crippen LogP contribution in [0.2, 0.25) is 0 Å². The zero-order valence-electron chi connectivity index (χ0n) is 15.0.